The molecule has 8 amide bonds. The molecule has 0 saturated heterocycles. The van der Waals surface area contributed by atoms with Crippen molar-refractivity contribution in [2.45, 2.75) is 164 Å². The molecule has 0 aromatic carbocycles. The predicted octanol–water partition coefficient (Wildman–Crippen LogP) is -9.42. The normalized spacial score (nSPS) is 13.6. The fraction of sp³-hybridized carbons (Fsp3) is 0.702. The third kappa shape index (κ3) is 36.4. The predicted molar refractivity (Wildman–Crippen MR) is 313 cm³/mol. The third-order valence-corrected chi connectivity index (χ3v) is 12.1. The van der Waals surface area contributed by atoms with Gasteiger partial charge in [-0.2, -0.15) is 0 Å². The van der Waals surface area contributed by atoms with E-state index in [1.54, 1.807) is 0 Å². The Balaban J connectivity index is 7.17. The van der Waals surface area contributed by atoms with Crippen LogP contribution in [0.15, 0.2) is 25.0 Å². The van der Waals surface area contributed by atoms with Crippen LogP contribution in [-0.2, 0) is 43.2 Å². The molecule has 472 valence electrons. The summed E-state index contributed by atoms with van der Waals surface area (Å²) >= 11 is 0. The molecule has 0 aliphatic carbocycles. The van der Waals surface area contributed by atoms with Crippen molar-refractivity contribution >= 4 is 83.0 Å². The van der Waals surface area contributed by atoms with Crippen LogP contribution in [0.2, 0.25) is 0 Å². The van der Waals surface area contributed by atoms with E-state index in [0.717, 1.165) is 0 Å². The number of amides is 8. The van der Waals surface area contributed by atoms with Gasteiger partial charge >= 0.3 is 5.97 Å². The molecule has 0 radical (unpaired) electrons. The van der Waals surface area contributed by atoms with Crippen molar-refractivity contribution in [1.82, 2.24) is 37.2 Å². The number of unbranched alkanes of at least 4 members (excludes halogenated alkanes) is 2. The van der Waals surface area contributed by atoms with Crippen molar-refractivity contribution in [3.05, 3.63) is 0 Å². The lowest BCUT2D eigenvalue weighted by Crippen LogP contribution is -2.60. The molecule has 0 aliphatic heterocycles. The Kier molecular flexibility index (Phi) is 38.8. The first kappa shape index (κ1) is 74.5. The SMILES string of the molecule is NCCCC[C@H](NC(=O)[C@H](CCCCN)NC(=O)[C@@H](N)CCCN=C(N)N)C(=O)N[C@@H](CCCN=C(N)N)C(=O)N[C@@H](CCCN=C(N)N)C(=O)N[C@@H](CCC(N)=O)C(=O)N[C@@H](CCCN=C(N)N)C(=O)N[C@@H](CCCN=C(N)N)C(=O)O. The van der Waals surface area contributed by atoms with Gasteiger partial charge in [0.1, 0.15) is 42.3 Å². The Bertz CT molecular complexity index is 2200. The summed E-state index contributed by atoms with van der Waals surface area (Å²) in [7, 11) is 0. The Hall–Kier alpha value is -8.54. The topological polar surface area (TPSA) is 684 Å². The minimum absolute atomic E-state index is 0.0119. The second-order valence-electron chi connectivity index (χ2n) is 19.2. The summed E-state index contributed by atoms with van der Waals surface area (Å²) in [6.07, 6.45) is 1.18. The van der Waals surface area contributed by atoms with Crippen molar-refractivity contribution in [3.8, 4) is 0 Å². The van der Waals surface area contributed by atoms with E-state index < -0.39 is 114 Å². The molecule has 83 heavy (non-hydrogen) atoms. The zero-order valence-corrected chi connectivity index (χ0v) is 47.2. The molecule has 0 aromatic rings. The molecular weight excluding hydrogens is 1090 g/mol. The summed E-state index contributed by atoms with van der Waals surface area (Å²) in [6, 6.07) is -11.1. The van der Waals surface area contributed by atoms with Gasteiger partial charge in [-0.15, -0.1) is 0 Å². The minimum atomic E-state index is -1.63. The van der Waals surface area contributed by atoms with Crippen LogP contribution in [0.25, 0.3) is 0 Å². The maximum atomic E-state index is 14.5. The number of carboxylic acid groups (broad SMARTS) is 1. The largest absolute Gasteiger partial charge is 0.480 e. The molecule has 0 heterocycles. The highest BCUT2D eigenvalue weighted by atomic mass is 16.4. The van der Waals surface area contributed by atoms with Crippen LogP contribution >= 0.6 is 0 Å². The first-order valence-electron chi connectivity index (χ1n) is 27.3. The molecule has 36 N–H and O–H groups in total. The van der Waals surface area contributed by atoms with Gasteiger partial charge in [0.15, 0.2) is 29.8 Å². The number of nitrogens with two attached hydrogens (primary N) is 14. The summed E-state index contributed by atoms with van der Waals surface area (Å²) in [4.78, 5) is 142. The number of hydrogen-bond donors (Lipinski definition) is 22. The third-order valence-electron chi connectivity index (χ3n) is 12.1. The van der Waals surface area contributed by atoms with Gasteiger partial charge in [0.05, 0.1) is 6.04 Å². The number of nitrogens with zero attached hydrogens (tertiary/aromatic N) is 5. The zero-order chi connectivity index (χ0) is 62.9. The number of nitrogens with one attached hydrogen (secondary N) is 7. The van der Waals surface area contributed by atoms with Crippen LogP contribution in [0.4, 0.5) is 0 Å². The highest BCUT2D eigenvalue weighted by molar-refractivity contribution is 5.98. The lowest BCUT2D eigenvalue weighted by atomic mass is 10.0. The minimum Gasteiger partial charge on any atom is -0.480 e. The summed E-state index contributed by atoms with van der Waals surface area (Å²) in [5.41, 5.74) is 77.6. The Morgan fingerprint density at radius 2 is 0.542 bits per heavy atom. The van der Waals surface area contributed by atoms with Gasteiger partial charge in [-0.05, 0) is 122 Å². The van der Waals surface area contributed by atoms with Gasteiger partial charge in [0.25, 0.3) is 0 Å². The molecular formula is C47H94N26O10. The molecule has 0 bridgehead atoms. The zero-order valence-electron chi connectivity index (χ0n) is 47.2. The molecule has 8 atom stereocenters. The molecule has 0 spiro atoms. The van der Waals surface area contributed by atoms with E-state index in [2.05, 4.69) is 62.2 Å². The van der Waals surface area contributed by atoms with Gasteiger partial charge in [-0.3, -0.25) is 63.3 Å². The van der Waals surface area contributed by atoms with E-state index in [0.29, 0.717) is 38.6 Å². The maximum Gasteiger partial charge on any atom is 0.326 e. The van der Waals surface area contributed by atoms with Gasteiger partial charge in [0, 0.05) is 39.1 Å². The van der Waals surface area contributed by atoms with Gasteiger partial charge in [0.2, 0.25) is 47.3 Å². The van der Waals surface area contributed by atoms with Crippen LogP contribution in [0.1, 0.15) is 116 Å². The maximum absolute atomic E-state index is 14.5. The molecule has 36 heteroatoms. The van der Waals surface area contributed by atoms with E-state index in [1.807, 2.05) is 0 Å². The first-order chi connectivity index (χ1) is 39.2. The second kappa shape index (κ2) is 43.2. The lowest BCUT2D eigenvalue weighted by Gasteiger charge is -2.28. The molecule has 36 nitrogen and oxygen atoms in total. The number of carbonyl (C=O) groups excluding carboxylic acids is 8. The fourth-order valence-corrected chi connectivity index (χ4v) is 7.72. The van der Waals surface area contributed by atoms with Crippen molar-refractivity contribution in [2.24, 2.45) is 105 Å². The van der Waals surface area contributed by atoms with Crippen molar-refractivity contribution in [1.29, 1.82) is 0 Å². The Morgan fingerprint density at radius 1 is 0.313 bits per heavy atom. The number of carbonyl (C=O) groups is 9. The van der Waals surface area contributed by atoms with Crippen LogP contribution in [0, 0.1) is 0 Å². The number of aliphatic imine (C=N–C) groups is 5. The molecule has 0 fully saturated rings. The van der Waals surface area contributed by atoms with E-state index in [4.69, 9.17) is 80.3 Å². The van der Waals surface area contributed by atoms with Crippen LogP contribution in [0.5, 0.6) is 0 Å². The van der Waals surface area contributed by atoms with Gasteiger partial charge in [-0.25, -0.2) is 4.79 Å². The molecule has 0 saturated carbocycles. The quantitative estimate of drug-likeness (QED) is 0.0153. The smallest absolute Gasteiger partial charge is 0.326 e. The van der Waals surface area contributed by atoms with E-state index in [9.17, 15) is 48.3 Å². The number of primary amides is 1. The monoisotopic (exact) mass is 1180 g/mol. The summed E-state index contributed by atoms with van der Waals surface area (Å²) < 4.78 is 0. The Morgan fingerprint density at radius 3 is 0.795 bits per heavy atom. The molecule has 0 aliphatic rings. The highest BCUT2D eigenvalue weighted by Gasteiger charge is 2.34. The van der Waals surface area contributed by atoms with Crippen LogP contribution < -0.4 is 117 Å². The van der Waals surface area contributed by atoms with Gasteiger partial charge < -0.3 is 123 Å². The molecule has 0 rings (SSSR count). The van der Waals surface area contributed by atoms with E-state index >= 15 is 0 Å². The van der Waals surface area contributed by atoms with E-state index in [-0.39, 0.29) is 140 Å². The second-order valence-corrected chi connectivity index (χ2v) is 19.2. The van der Waals surface area contributed by atoms with Crippen molar-refractivity contribution < 1.29 is 48.3 Å². The Labute approximate surface area is 482 Å². The number of guanidine groups is 5. The first-order valence-corrected chi connectivity index (χ1v) is 27.3. The van der Waals surface area contributed by atoms with Crippen molar-refractivity contribution in [2.75, 3.05) is 45.8 Å². The number of hydrogen-bond acceptors (Lipinski definition) is 17. The standard InChI is InChI=1S/C47H94N26O10/c48-19-3-1-11-27(67-35(75)26(50)10-5-21-62-43(52)53)36(76)68-28(12-2-4-20-49)37(77)69-29(13-6-22-63-44(54)55)38(78)70-30(14-7-23-64-45(56)57)39(79)72-32(17-18-34(51)74)41(81)71-31(15-8-24-65-46(58)59)40(80)73-33(42(82)83)16-9-25-66-47(60)61/h26-33H,1-25,48-50H2,(H2,51,74)(H,67,75)(H,68,76)(H,69,77)(H,70,78)(H,71,81)(H,72,79)(H,73,80)(H,82,83)(H4,52,53,62)(H4,54,55,63)(H4,56,57,64)(H4,58,59,65)(H4,60,61,66)/t26-,27-,28-,29-,30-,31-,32-,33-/m0/s1. The number of carboxylic acids is 1. The van der Waals surface area contributed by atoms with E-state index in [1.165, 1.54) is 0 Å². The average Bonchev–Trinajstić information content (AvgIpc) is 3.42. The molecule has 0 aromatic heterocycles. The summed E-state index contributed by atoms with van der Waals surface area (Å²) in [5, 5.41) is 28.0. The lowest BCUT2D eigenvalue weighted by molar-refractivity contribution is -0.142. The number of rotatable bonds is 46. The summed E-state index contributed by atoms with van der Waals surface area (Å²) in [5.74, 6) is -9.58. The summed E-state index contributed by atoms with van der Waals surface area (Å²) in [6.45, 7) is 0.720. The van der Waals surface area contributed by atoms with Gasteiger partial charge in [-0.1, -0.05) is 0 Å². The van der Waals surface area contributed by atoms with Crippen LogP contribution in [0.3, 0.4) is 0 Å². The fourth-order valence-electron chi connectivity index (χ4n) is 7.72. The highest BCUT2D eigenvalue weighted by Crippen LogP contribution is 2.11. The molecule has 0 unspecified atom stereocenters. The number of aliphatic carboxylic acids is 1. The average molecular weight is 1180 g/mol. The van der Waals surface area contributed by atoms with Crippen LogP contribution in [-0.4, -0.2) is 182 Å². The van der Waals surface area contributed by atoms with Crippen molar-refractivity contribution in [3.63, 3.8) is 0 Å².